The molecular weight excluding hydrogens is 492 g/mol. The Morgan fingerprint density at radius 2 is 1.56 bits per heavy atom. The van der Waals surface area contributed by atoms with Crippen molar-refractivity contribution in [3.63, 3.8) is 0 Å². The molecule has 1 aliphatic heterocycles. The van der Waals surface area contributed by atoms with Crippen LogP contribution in [0.3, 0.4) is 0 Å². The van der Waals surface area contributed by atoms with E-state index in [4.69, 9.17) is 9.47 Å². The molecule has 7 heteroatoms. The van der Waals surface area contributed by atoms with Crippen molar-refractivity contribution >= 4 is 18.0 Å². The van der Waals surface area contributed by atoms with Crippen LogP contribution in [0.4, 0.5) is 4.79 Å². The normalized spacial score (nSPS) is 16.1. The topological polar surface area (TPSA) is 84.9 Å². The number of nitrogens with one attached hydrogen (secondary N) is 1. The lowest BCUT2D eigenvalue weighted by atomic mass is 9.91. The van der Waals surface area contributed by atoms with Crippen LogP contribution in [0.2, 0.25) is 0 Å². The summed E-state index contributed by atoms with van der Waals surface area (Å²) < 4.78 is 10.7. The number of amides is 2. The molecule has 0 spiro atoms. The average molecular weight is 527 g/mol. The molecule has 1 unspecified atom stereocenters. The van der Waals surface area contributed by atoms with Gasteiger partial charge in [-0.3, -0.25) is 4.79 Å². The highest BCUT2D eigenvalue weighted by molar-refractivity contribution is 6.05. The van der Waals surface area contributed by atoms with Gasteiger partial charge in [-0.1, -0.05) is 91.9 Å². The first-order valence-electron chi connectivity index (χ1n) is 13.2. The fraction of sp³-hybridized carbons (Fsp3) is 0.281. The molecule has 3 aromatic carbocycles. The van der Waals surface area contributed by atoms with Crippen LogP contribution in [0.5, 0.6) is 0 Å². The van der Waals surface area contributed by atoms with Crippen molar-refractivity contribution in [3.8, 4) is 11.1 Å². The predicted molar refractivity (Wildman–Crippen MR) is 150 cm³/mol. The Morgan fingerprint density at radius 1 is 0.923 bits per heavy atom. The Balaban J connectivity index is 1.64. The highest BCUT2D eigenvalue weighted by Gasteiger charge is 2.41. The molecule has 7 nitrogen and oxygen atoms in total. The lowest BCUT2D eigenvalue weighted by Crippen LogP contribution is -2.53. The number of nitrogens with zero attached hydrogens (tertiary/aromatic N) is 1. The Kier molecular flexibility index (Phi) is 9.64. The Hall–Kier alpha value is -4.23. The van der Waals surface area contributed by atoms with E-state index in [9.17, 15) is 14.4 Å². The number of benzene rings is 3. The quantitative estimate of drug-likeness (QED) is 0.288. The van der Waals surface area contributed by atoms with Gasteiger partial charge < -0.3 is 14.8 Å². The van der Waals surface area contributed by atoms with Crippen molar-refractivity contribution < 1.29 is 23.9 Å². The summed E-state index contributed by atoms with van der Waals surface area (Å²) in [6.45, 7) is 2.63. The molecule has 1 aliphatic rings. The van der Waals surface area contributed by atoms with Crippen molar-refractivity contribution in [1.29, 1.82) is 0 Å². The highest BCUT2D eigenvalue weighted by Crippen LogP contribution is 2.25. The summed E-state index contributed by atoms with van der Waals surface area (Å²) in [5.74, 6) is -1.70. The second-order valence-corrected chi connectivity index (χ2v) is 9.62. The molecule has 0 aliphatic carbocycles. The summed E-state index contributed by atoms with van der Waals surface area (Å²) in [6, 6.07) is 24.8. The molecule has 4 rings (SSSR count). The van der Waals surface area contributed by atoms with E-state index in [1.807, 2.05) is 79.7 Å². The highest BCUT2D eigenvalue weighted by atomic mass is 16.6. The first kappa shape index (κ1) is 27.8. The summed E-state index contributed by atoms with van der Waals surface area (Å²) in [5.41, 5.74) is 2.97. The number of carbonyl (C=O) groups is 3. The van der Waals surface area contributed by atoms with E-state index in [1.54, 1.807) is 12.1 Å². The van der Waals surface area contributed by atoms with Gasteiger partial charge in [-0.2, -0.15) is 0 Å². The zero-order chi connectivity index (χ0) is 27.6. The number of carbonyl (C=O) groups excluding carboxylic acids is 3. The van der Waals surface area contributed by atoms with Gasteiger partial charge >= 0.3 is 12.1 Å². The molecule has 39 heavy (non-hydrogen) atoms. The van der Waals surface area contributed by atoms with Crippen molar-refractivity contribution in [1.82, 2.24) is 10.2 Å². The van der Waals surface area contributed by atoms with Crippen LogP contribution in [0.15, 0.2) is 97.1 Å². The number of rotatable bonds is 9. The molecular formula is C32H34N2O5. The van der Waals surface area contributed by atoms with E-state index in [1.165, 1.54) is 7.11 Å². The minimum atomic E-state index is -1.17. The van der Waals surface area contributed by atoms with Crippen LogP contribution in [-0.2, 0) is 20.9 Å². The van der Waals surface area contributed by atoms with E-state index in [2.05, 4.69) is 17.5 Å². The predicted octanol–water partition coefficient (Wildman–Crippen LogP) is 5.62. The molecule has 0 fully saturated rings. The van der Waals surface area contributed by atoms with Gasteiger partial charge in [0.15, 0.2) is 0 Å². The molecule has 202 valence electrons. The maximum Gasteiger partial charge on any atom is 0.417 e. The van der Waals surface area contributed by atoms with Gasteiger partial charge in [0.25, 0.3) is 5.91 Å². The zero-order valence-corrected chi connectivity index (χ0v) is 22.3. The van der Waals surface area contributed by atoms with Crippen LogP contribution >= 0.6 is 0 Å². The molecule has 0 aromatic heterocycles. The Bertz CT molecular complexity index is 1270. The van der Waals surface area contributed by atoms with Crippen LogP contribution in [-0.4, -0.2) is 48.6 Å². The standard InChI is InChI=1S/C32H34N2O5/c1-23(21-28-15-9-10-20-33-28)29(31(36)38-2)34(32(37)39-22-24-11-5-3-6-12-24)30(35)27-18-16-26(17-19-27)25-13-7-4-8-14-25/h3-9,11-19,23,28-29,33H,10,20-22H2,1-2H3/t23-,28?,29-/m1/s1. The van der Waals surface area contributed by atoms with Gasteiger partial charge in [-0.25, -0.2) is 14.5 Å². The number of imide groups is 1. The average Bonchev–Trinajstić information content (AvgIpc) is 2.99. The molecule has 0 bridgehead atoms. The van der Waals surface area contributed by atoms with Crippen LogP contribution in [0.1, 0.15) is 35.7 Å². The van der Waals surface area contributed by atoms with Gasteiger partial charge in [0, 0.05) is 11.6 Å². The number of hydrogen-bond acceptors (Lipinski definition) is 6. The third-order valence-corrected chi connectivity index (χ3v) is 6.83. The van der Waals surface area contributed by atoms with Gasteiger partial charge in [-0.05, 0) is 54.1 Å². The summed E-state index contributed by atoms with van der Waals surface area (Å²) in [5, 5.41) is 3.40. The van der Waals surface area contributed by atoms with Gasteiger partial charge in [0.2, 0.25) is 0 Å². The number of ether oxygens (including phenoxy) is 2. The van der Waals surface area contributed by atoms with E-state index in [0.717, 1.165) is 34.6 Å². The summed E-state index contributed by atoms with van der Waals surface area (Å²) in [6.07, 6.45) is 4.70. The SMILES string of the molecule is COC(=O)[C@@H]([C@H](C)CC1C=CCCN1)N(C(=O)OCc1ccccc1)C(=O)c1ccc(-c2ccccc2)cc1. The maximum absolute atomic E-state index is 13.9. The van der Waals surface area contributed by atoms with E-state index in [-0.39, 0.29) is 18.2 Å². The molecule has 0 radical (unpaired) electrons. The van der Waals surface area contributed by atoms with Crippen LogP contribution < -0.4 is 5.32 Å². The third kappa shape index (κ3) is 7.21. The van der Waals surface area contributed by atoms with Gasteiger partial charge in [0.05, 0.1) is 7.11 Å². The maximum atomic E-state index is 13.9. The van der Waals surface area contributed by atoms with Crippen molar-refractivity contribution in [2.45, 2.75) is 38.5 Å². The second kappa shape index (κ2) is 13.5. The molecule has 2 amide bonds. The Labute approximate surface area is 229 Å². The largest absolute Gasteiger partial charge is 0.467 e. The molecule has 0 saturated heterocycles. The summed E-state index contributed by atoms with van der Waals surface area (Å²) >= 11 is 0. The molecule has 1 N–H and O–H groups in total. The van der Waals surface area contributed by atoms with Gasteiger partial charge in [0.1, 0.15) is 12.6 Å². The monoisotopic (exact) mass is 526 g/mol. The molecule has 3 aromatic rings. The number of methoxy groups -OCH3 is 1. The van der Waals surface area contributed by atoms with Crippen LogP contribution in [0.25, 0.3) is 11.1 Å². The van der Waals surface area contributed by atoms with Crippen molar-refractivity contribution in [3.05, 3.63) is 108 Å². The van der Waals surface area contributed by atoms with Crippen molar-refractivity contribution in [2.75, 3.05) is 13.7 Å². The minimum absolute atomic E-state index is 0.0170. The van der Waals surface area contributed by atoms with E-state index < -0.39 is 29.9 Å². The Morgan fingerprint density at radius 3 is 2.18 bits per heavy atom. The molecule has 0 saturated carbocycles. The summed E-state index contributed by atoms with van der Waals surface area (Å²) in [4.78, 5) is 41.5. The fourth-order valence-corrected chi connectivity index (χ4v) is 4.77. The van der Waals surface area contributed by atoms with E-state index in [0.29, 0.717) is 6.42 Å². The minimum Gasteiger partial charge on any atom is -0.467 e. The van der Waals surface area contributed by atoms with E-state index >= 15 is 0 Å². The first-order valence-corrected chi connectivity index (χ1v) is 13.2. The molecule has 3 atom stereocenters. The lowest BCUT2D eigenvalue weighted by Gasteiger charge is -2.33. The van der Waals surface area contributed by atoms with Gasteiger partial charge in [-0.15, -0.1) is 0 Å². The summed E-state index contributed by atoms with van der Waals surface area (Å²) in [7, 11) is 1.26. The van der Waals surface area contributed by atoms with Crippen molar-refractivity contribution in [2.24, 2.45) is 5.92 Å². The number of hydrogen-bond donors (Lipinski definition) is 1. The number of esters is 1. The second-order valence-electron chi connectivity index (χ2n) is 9.62. The lowest BCUT2D eigenvalue weighted by molar-refractivity contribution is -0.147. The third-order valence-electron chi connectivity index (χ3n) is 6.83. The fourth-order valence-electron chi connectivity index (χ4n) is 4.77. The van der Waals surface area contributed by atoms with Crippen LogP contribution in [0, 0.1) is 5.92 Å². The smallest absolute Gasteiger partial charge is 0.417 e. The zero-order valence-electron chi connectivity index (χ0n) is 22.3. The molecule has 1 heterocycles. The first-order chi connectivity index (χ1) is 19.0.